The third kappa shape index (κ3) is 4.02. The number of carbonyl (C=O) groups is 1. The molecular formula is C13H18ClNO2. The van der Waals surface area contributed by atoms with E-state index in [1.165, 1.54) is 0 Å². The van der Waals surface area contributed by atoms with Gasteiger partial charge >= 0.3 is 5.97 Å². The molecule has 17 heavy (non-hydrogen) atoms. The van der Waals surface area contributed by atoms with E-state index in [0.717, 1.165) is 12.0 Å². The van der Waals surface area contributed by atoms with Gasteiger partial charge in [0.1, 0.15) is 12.6 Å². The number of benzene rings is 1. The second-order valence-corrected chi connectivity index (χ2v) is 4.52. The first-order valence-corrected chi connectivity index (χ1v) is 6.09. The van der Waals surface area contributed by atoms with Crippen molar-refractivity contribution in [3.8, 4) is 0 Å². The van der Waals surface area contributed by atoms with Crippen LogP contribution in [0, 0.1) is 5.92 Å². The number of rotatable bonds is 5. The van der Waals surface area contributed by atoms with Gasteiger partial charge in [0.2, 0.25) is 0 Å². The number of hydrogen-bond acceptors (Lipinski definition) is 3. The zero-order chi connectivity index (χ0) is 12.8. The van der Waals surface area contributed by atoms with Crippen LogP contribution in [0.2, 0.25) is 5.02 Å². The topological polar surface area (TPSA) is 52.3 Å². The van der Waals surface area contributed by atoms with Crippen LogP contribution in [-0.4, -0.2) is 12.0 Å². The van der Waals surface area contributed by atoms with Crippen LogP contribution in [0.3, 0.4) is 0 Å². The van der Waals surface area contributed by atoms with E-state index in [2.05, 4.69) is 0 Å². The summed E-state index contributed by atoms with van der Waals surface area (Å²) in [5, 5.41) is 0.595. The van der Waals surface area contributed by atoms with Crippen molar-refractivity contribution in [3.63, 3.8) is 0 Å². The molecule has 94 valence electrons. The van der Waals surface area contributed by atoms with Crippen molar-refractivity contribution < 1.29 is 9.53 Å². The van der Waals surface area contributed by atoms with Crippen molar-refractivity contribution in [2.75, 3.05) is 0 Å². The molecule has 0 heterocycles. The van der Waals surface area contributed by atoms with Gasteiger partial charge in [-0.25, -0.2) is 0 Å². The minimum atomic E-state index is -0.567. The Hall–Kier alpha value is -1.06. The third-order valence-electron chi connectivity index (χ3n) is 2.86. The number of halogens is 1. The monoisotopic (exact) mass is 255 g/mol. The molecule has 0 amide bonds. The summed E-state index contributed by atoms with van der Waals surface area (Å²) < 4.78 is 5.15. The van der Waals surface area contributed by atoms with Crippen LogP contribution in [0.15, 0.2) is 24.3 Å². The second-order valence-electron chi connectivity index (χ2n) is 4.11. The minimum absolute atomic E-state index is 0.119. The van der Waals surface area contributed by atoms with E-state index >= 15 is 0 Å². The standard InChI is InChI=1S/C13H18ClNO2/c1-3-9(2)12(15)13(16)17-8-10-6-4-5-7-11(10)14/h4-7,9,12H,3,8,15H2,1-2H3. The molecule has 1 aromatic rings. The molecule has 0 saturated heterocycles. The van der Waals surface area contributed by atoms with Gasteiger partial charge in [0.15, 0.2) is 0 Å². The number of esters is 1. The van der Waals surface area contributed by atoms with Crippen LogP contribution < -0.4 is 5.73 Å². The molecule has 0 spiro atoms. The normalized spacial score (nSPS) is 14.1. The number of hydrogen-bond donors (Lipinski definition) is 1. The summed E-state index contributed by atoms with van der Waals surface area (Å²) in [5.74, 6) is -0.256. The van der Waals surface area contributed by atoms with Crippen LogP contribution in [0.1, 0.15) is 25.8 Å². The first kappa shape index (κ1) is 14.0. The zero-order valence-electron chi connectivity index (χ0n) is 10.2. The third-order valence-corrected chi connectivity index (χ3v) is 3.23. The minimum Gasteiger partial charge on any atom is -0.460 e. The molecule has 1 aromatic carbocycles. The van der Waals surface area contributed by atoms with Crippen molar-refractivity contribution in [1.82, 2.24) is 0 Å². The number of ether oxygens (including phenoxy) is 1. The van der Waals surface area contributed by atoms with Gasteiger partial charge in [0.05, 0.1) is 0 Å². The lowest BCUT2D eigenvalue weighted by Gasteiger charge is -2.17. The maximum absolute atomic E-state index is 11.6. The molecule has 0 aliphatic carbocycles. The van der Waals surface area contributed by atoms with Crippen LogP contribution >= 0.6 is 11.6 Å². The summed E-state index contributed by atoms with van der Waals surface area (Å²) in [5.41, 5.74) is 6.56. The molecule has 0 aromatic heterocycles. The smallest absolute Gasteiger partial charge is 0.323 e. The van der Waals surface area contributed by atoms with Crippen LogP contribution in [0.25, 0.3) is 0 Å². The van der Waals surface area contributed by atoms with Gasteiger partial charge < -0.3 is 10.5 Å². The molecule has 2 atom stereocenters. The van der Waals surface area contributed by atoms with Crippen LogP contribution in [0.5, 0.6) is 0 Å². The van der Waals surface area contributed by atoms with E-state index in [4.69, 9.17) is 22.1 Å². The van der Waals surface area contributed by atoms with E-state index in [9.17, 15) is 4.79 Å². The van der Waals surface area contributed by atoms with E-state index in [1.807, 2.05) is 32.0 Å². The van der Waals surface area contributed by atoms with Crippen molar-refractivity contribution >= 4 is 17.6 Å². The predicted molar refractivity (Wildman–Crippen MR) is 68.7 cm³/mol. The fourth-order valence-electron chi connectivity index (χ4n) is 1.35. The Morgan fingerprint density at radius 3 is 2.71 bits per heavy atom. The van der Waals surface area contributed by atoms with Gasteiger partial charge in [-0.05, 0) is 12.0 Å². The summed E-state index contributed by atoms with van der Waals surface area (Å²) >= 11 is 5.95. The summed E-state index contributed by atoms with van der Waals surface area (Å²) in [6.07, 6.45) is 0.850. The highest BCUT2D eigenvalue weighted by Gasteiger charge is 2.20. The highest BCUT2D eigenvalue weighted by molar-refractivity contribution is 6.31. The lowest BCUT2D eigenvalue weighted by atomic mass is 10.0. The average molecular weight is 256 g/mol. The summed E-state index contributed by atoms with van der Waals surface area (Å²) in [6, 6.07) is 6.70. The first-order valence-electron chi connectivity index (χ1n) is 5.71. The molecule has 0 aliphatic heterocycles. The SMILES string of the molecule is CCC(C)C(N)C(=O)OCc1ccccc1Cl. The average Bonchev–Trinajstić information content (AvgIpc) is 2.35. The molecule has 0 radical (unpaired) electrons. The Balaban J connectivity index is 2.51. The molecule has 0 aliphatic rings. The lowest BCUT2D eigenvalue weighted by molar-refractivity contribution is -0.147. The van der Waals surface area contributed by atoms with Gasteiger partial charge in [-0.3, -0.25) is 4.79 Å². The van der Waals surface area contributed by atoms with E-state index in [0.29, 0.717) is 5.02 Å². The lowest BCUT2D eigenvalue weighted by Crippen LogP contribution is -2.37. The maximum Gasteiger partial charge on any atom is 0.323 e. The van der Waals surface area contributed by atoms with E-state index in [1.54, 1.807) is 6.07 Å². The molecule has 0 saturated carbocycles. The molecule has 2 N–H and O–H groups in total. The largest absolute Gasteiger partial charge is 0.460 e. The Bertz CT molecular complexity index is 381. The van der Waals surface area contributed by atoms with Crippen molar-refractivity contribution in [2.24, 2.45) is 11.7 Å². The molecular weight excluding hydrogens is 238 g/mol. The second kappa shape index (κ2) is 6.62. The van der Waals surface area contributed by atoms with Gasteiger partial charge in [-0.1, -0.05) is 50.1 Å². The van der Waals surface area contributed by atoms with Crippen molar-refractivity contribution in [1.29, 1.82) is 0 Å². The van der Waals surface area contributed by atoms with Gasteiger partial charge in [0.25, 0.3) is 0 Å². The molecule has 2 unspecified atom stereocenters. The fourth-order valence-corrected chi connectivity index (χ4v) is 1.54. The van der Waals surface area contributed by atoms with Crippen molar-refractivity contribution in [2.45, 2.75) is 32.9 Å². The zero-order valence-corrected chi connectivity index (χ0v) is 10.9. The van der Waals surface area contributed by atoms with Crippen LogP contribution in [-0.2, 0) is 16.1 Å². The van der Waals surface area contributed by atoms with Crippen molar-refractivity contribution in [3.05, 3.63) is 34.9 Å². The first-order chi connectivity index (χ1) is 8.06. The molecule has 4 heteroatoms. The van der Waals surface area contributed by atoms with Crippen LogP contribution in [0.4, 0.5) is 0 Å². The summed E-state index contributed by atoms with van der Waals surface area (Å²) in [7, 11) is 0. The summed E-state index contributed by atoms with van der Waals surface area (Å²) in [4.78, 5) is 11.6. The predicted octanol–water partition coefficient (Wildman–Crippen LogP) is 2.76. The highest BCUT2D eigenvalue weighted by atomic mass is 35.5. The Morgan fingerprint density at radius 2 is 2.12 bits per heavy atom. The van der Waals surface area contributed by atoms with Gasteiger partial charge in [0, 0.05) is 10.6 Å². The van der Waals surface area contributed by atoms with E-state index in [-0.39, 0.29) is 18.5 Å². The van der Waals surface area contributed by atoms with E-state index < -0.39 is 6.04 Å². The summed E-state index contributed by atoms with van der Waals surface area (Å²) in [6.45, 7) is 4.09. The van der Waals surface area contributed by atoms with Gasteiger partial charge in [-0.15, -0.1) is 0 Å². The maximum atomic E-state index is 11.6. The van der Waals surface area contributed by atoms with Gasteiger partial charge in [-0.2, -0.15) is 0 Å². The Labute approximate surface area is 107 Å². The molecule has 0 fully saturated rings. The number of carbonyl (C=O) groups excluding carboxylic acids is 1. The fraction of sp³-hybridized carbons (Fsp3) is 0.462. The number of nitrogens with two attached hydrogens (primary N) is 1. The molecule has 1 rings (SSSR count). The quantitative estimate of drug-likeness (QED) is 0.823. The Morgan fingerprint density at radius 1 is 1.47 bits per heavy atom. The Kier molecular flexibility index (Phi) is 5.45. The molecule has 3 nitrogen and oxygen atoms in total. The highest BCUT2D eigenvalue weighted by Crippen LogP contribution is 2.16. The molecule has 0 bridgehead atoms.